The number of carboxylic acids is 1. The highest BCUT2D eigenvalue weighted by molar-refractivity contribution is 6.02. The summed E-state index contributed by atoms with van der Waals surface area (Å²) in [5.74, 6) is -4.40. The molecule has 22 heteroatoms. The summed E-state index contributed by atoms with van der Waals surface area (Å²) < 4.78 is 7.55. The number of primary amides is 1. The first kappa shape index (κ1) is 71.8. The predicted molar refractivity (Wildman–Crippen MR) is 359 cm³/mol. The van der Waals surface area contributed by atoms with Crippen molar-refractivity contribution < 1.29 is 53.0 Å². The van der Waals surface area contributed by atoms with Crippen molar-refractivity contribution in [2.75, 3.05) is 36.2 Å². The molecule has 9 amide bonds. The molecule has 1 aliphatic heterocycles. The predicted octanol–water partition coefficient (Wildman–Crippen LogP) is 9.13. The van der Waals surface area contributed by atoms with Gasteiger partial charge < -0.3 is 61.8 Å². The summed E-state index contributed by atoms with van der Waals surface area (Å²) in [6, 6.07) is 22.2. The first-order valence-corrected chi connectivity index (χ1v) is 31.3. The van der Waals surface area contributed by atoms with Crippen molar-refractivity contribution in [3.63, 3.8) is 0 Å². The third kappa shape index (κ3) is 18.4. The van der Waals surface area contributed by atoms with E-state index in [-0.39, 0.29) is 62.1 Å². The number of urea groups is 1. The number of anilines is 3. The number of nitrogens with zero attached hydrogens (tertiary/aromatic N) is 3. The second-order valence-corrected chi connectivity index (χ2v) is 25.9. The minimum atomic E-state index is -1.12. The zero-order valence-corrected chi connectivity index (χ0v) is 55.5. The maximum Gasteiger partial charge on any atom is 0.411 e. The topological polar surface area (TPSA) is 305 Å². The zero-order chi connectivity index (χ0) is 67.9. The monoisotopic (exact) mass is 1260 g/mol. The maximum absolute atomic E-state index is 14.5. The normalized spacial score (nSPS) is 14.8. The Morgan fingerprint density at radius 1 is 0.783 bits per heavy atom. The Hall–Kier alpha value is -9.31. The molecule has 22 nitrogen and oxygen atoms in total. The molecule has 2 heterocycles. The molecule has 0 aliphatic carbocycles. The number of carbonyl (C=O) groups excluding carboxylic acids is 8. The highest BCUT2D eigenvalue weighted by Crippen LogP contribution is 2.38. The van der Waals surface area contributed by atoms with Crippen LogP contribution in [0.25, 0.3) is 22.6 Å². The third-order valence-electron chi connectivity index (χ3n) is 16.8. The van der Waals surface area contributed by atoms with Crippen LogP contribution >= 0.6 is 0 Å². The molecule has 1 aliphatic rings. The van der Waals surface area contributed by atoms with E-state index in [1.165, 1.54) is 11.8 Å². The molecule has 0 fully saturated rings. The number of nitrogens with one attached hydrogen (secondary N) is 7. The number of amides is 9. The van der Waals surface area contributed by atoms with E-state index in [1.807, 2.05) is 115 Å². The molecule has 5 aromatic rings. The van der Waals surface area contributed by atoms with E-state index in [2.05, 4.69) is 56.3 Å². The van der Waals surface area contributed by atoms with Gasteiger partial charge in [0.2, 0.25) is 35.4 Å². The molecule has 10 N–H and O–H groups in total. The van der Waals surface area contributed by atoms with Gasteiger partial charge in [-0.05, 0) is 126 Å². The summed E-state index contributed by atoms with van der Waals surface area (Å²) in [6.45, 7) is 20.6. The number of carbonyl (C=O) groups is 9. The van der Waals surface area contributed by atoms with Gasteiger partial charge in [-0.25, -0.2) is 14.4 Å². The first-order valence-electron chi connectivity index (χ1n) is 31.3. The number of aromatic nitrogens is 1. The number of allylic oxidation sites excluding steroid dienone is 1. The van der Waals surface area contributed by atoms with Crippen LogP contribution in [0, 0.1) is 17.3 Å². The molecule has 92 heavy (non-hydrogen) atoms. The molecule has 0 spiro atoms. The summed E-state index contributed by atoms with van der Waals surface area (Å²) in [7, 11) is 5.16. The average molecular weight is 1260 g/mol. The van der Waals surface area contributed by atoms with Crippen LogP contribution in [0.1, 0.15) is 136 Å². The summed E-state index contributed by atoms with van der Waals surface area (Å²) >= 11 is 0. The zero-order valence-electron chi connectivity index (χ0n) is 55.5. The molecule has 0 bridgehead atoms. The van der Waals surface area contributed by atoms with Crippen LogP contribution in [0.2, 0.25) is 0 Å². The fourth-order valence-electron chi connectivity index (χ4n) is 11.5. The van der Waals surface area contributed by atoms with Gasteiger partial charge in [-0.15, -0.1) is 0 Å². The van der Waals surface area contributed by atoms with Crippen molar-refractivity contribution in [2.45, 2.75) is 157 Å². The van der Waals surface area contributed by atoms with E-state index >= 15 is 0 Å². The maximum atomic E-state index is 14.5. The van der Waals surface area contributed by atoms with E-state index in [0.717, 1.165) is 50.8 Å². The fraction of sp³-hybridized carbons (Fsp3) is 0.443. The van der Waals surface area contributed by atoms with Gasteiger partial charge in [0.1, 0.15) is 24.7 Å². The Morgan fingerprint density at radius 3 is 2.08 bits per heavy atom. The van der Waals surface area contributed by atoms with E-state index in [1.54, 1.807) is 75.3 Å². The van der Waals surface area contributed by atoms with Crippen LogP contribution in [0.3, 0.4) is 0 Å². The number of para-hydroxylation sites is 1. The number of hydrogen-bond acceptors (Lipinski definition) is 11. The van der Waals surface area contributed by atoms with E-state index in [0.29, 0.717) is 23.5 Å². The Labute approximate surface area is 539 Å². The lowest BCUT2D eigenvalue weighted by atomic mass is 9.76. The van der Waals surface area contributed by atoms with Gasteiger partial charge in [-0.2, -0.15) is 0 Å². The van der Waals surface area contributed by atoms with Gasteiger partial charge >= 0.3 is 18.1 Å². The molecule has 1 unspecified atom stereocenters. The van der Waals surface area contributed by atoms with Crippen LogP contribution in [0.15, 0.2) is 109 Å². The van der Waals surface area contributed by atoms with Crippen LogP contribution < -0.4 is 47.9 Å². The minimum absolute atomic E-state index is 0.0864. The highest BCUT2D eigenvalue weighted by Gasteiger charge is 2.43. The van der Waals surface area contributed by atoms with Gasteiger partial charge in [0, 0.05) is 72.9 Å². The van der Waals surface area contributed by atoms with E-state index in [4.69, 9.17) is 10.5 Å². The summed E-state index contributed by atoms with van der Waals surface area (Å²) in [5, 5.41) is 30.3. The number of nitrogens with two attached hydrogens (primary N) is 1. The molecule has 0 saturated carbocycles. The smallest absolute Gasteiger partial charge is 0.411 e. The first-order chi connectivity index (χ1) is 43.4. The summed E-state index contributed by atoms with van der Waals surface area (Å²) in [4.78, 5) is 124. The van der Waals surface area contributed by atoms with Gasteiger partial charge in [0.25, 0.3) is 0 Å². The minimum Gasteiger partial charge on any atom is -0.478 e. The molecule has 494 valence electrons. The van der Waals surface area contributed by atoms with Gasteiger partial charge in [0.05, 0.1) is 24.3 Å². The molecule has 0 radical (unpaired) electrons. The lowest BCUT2D eigenvalue weighted by Gasteiger charge is -2.39. The van der Waals surface area contributed by atoms with Gasteiger partial charge in [0.15, 0.2) is 0 Å². The molecule has 4 aromatic carbocycles. The van der Waals surface area contributed by atoms with E-state index < -0.39 is 88.7 Å². The molecule has 6 rings (SSSR count). The number of ether oxygens (including phenoxy) is 1. The van der Waals surface area contributed by atoms with Crippen molar-refractivity contribution >= 4 is 93.2 Å². The largest absolute Gasteiger partial charge is 0.478 e. The Morgan fingerprint density at radius 2 is 1.45 bits per heavy atom. The molecule has 5 atom stereocenters. The van der Waals surface area contributed by atoms with Crippen molar-refractivity contribution in [3.05, 3.63) is 137 Å². The number of aliphatic carboxylic acids is 1. The standard InChI is InChI=1S/C70H93N11O11/c1-15-45-36-46-21-17-19-25-54(46)81(38-47-22-16-18-23-50(45)47)58(83)33-32-57(82)77-59(42(4)5)63(85)76-53(24-20-34-73-67(71)90)62(84)74-48-28-26-44(27-29-48)40-92-68(91)75-49-30-31-55-51(37-49)52(39-79(55)13)70(10,11)60(72-12)64(86)78-61(69(7,8)9)65(87)80(14)56(41(2)3)35-43(6)66(88)89/h16-19,21-23,25-31,35-37,39,41-42,53,56,59-61,72H,15,20,24,32-34,38,40H2,1-14H3,(H,74,84)(H,75,91)(H,76,85)(H,77,82)(H,78,86)(H,88,89)(H3,71,73,90)/b43-35+,45-36-/t53-,56+,59-,60?,61+/m0/s1. The SMILES string of the molecule is CC/C1=C/c2ccccc2N(C(=O)CCC(=O)N[C@H](C(=O)N[C@@H](CCCNC(N)=O)C(=O)Nc2ccc(COC(=O)Nc3ccc4c(c3)c(C(C)(C)C(NC)C(=O)N[C@H](C(=O)N(C)[C@H](/C=C(\C)C(=O)O)C(C)C)C(C)(C)C)cn4C)cc2)C(C)C)Cc2ccccc21. The second kappa shape index (κ2) is 31.6. The van der Waals surface area contributed by atoms with Gasteiger partial charge in [-0.3, -0.25) is 34.1 Å². The summed E-state index contributed by atoms with van der Waals surface area (Å²) in [6.07, 6.45) is 5.65. The highest BCUT2D eigenvalue weighted by atomic mass is 16.5. The number of likely N-dealkylation sites (N-methyl/N-ethyl adjacent to an activating group) is 2. The lowest BCUT2D eigenvalue weighted by molar-refractivity contribution is -0.141. The van der Waals surface area contributed by atoms with Gasteiger partial charge in [-0.1, -0.05) is 130 Å². The Balaban J connectivity index is 1.07. The number of fused-ring (bicyclic) bond motifs is 3. The average Bonchev–Trinajstić information content (AvgIpc) is 1.54. The van der Waals surface area contributed by atoms with Crippen molar-refractivity contribution in [2.24, 2.45) is 30.0 Å². The third-order valence-corrected chi connectivity index (χ3v) is 16.8. The van der Waals surface area contributed by atoms with Crippen LogP contribution in [0.4, 0.5) is 26.7 Å². The number of carboxylic acid groups (broad SMARTS) is 1. The van der Waals surface area contributed by atoms with Crippen LogP contribution in [-0.4, -0.2) is 119 Å². The van der Waals surface area contributed by atoms with Crippen molar-refractivity contribution in [1.29, 1.82) is 0 Å². The number of benzene rings is 4. The second-order valence-electron chi connectivity index (χ2n) is 25.9. The van der Waals surface area contributed by atoms with Crippen molar-refractivity contribution in [1.82, 2.24) is 36.1 Å². The molecular formula is C70H93N11O11. The molecule has 1 aromatic heterocycles. The van der Waals surface area contributed by atoms with Crippen molar-refractivity contribution in [3.8, 4) is 0 Å². The lowest BCUT2D eigenvalue weighted by Crippen LogP contribution is -2.61. The fourth-order valence-corrected chi connectivity index (χ4v) is 11.5. The number of aryl methyl sites for hydroxylation is 1. The molecule has 0 saturated heterocycles. The van der Waals surface area contributed by atoms with E-state index in [9.17, 15) is 48.3 Å². The number of rotatable bonds is 27. The van der Waals surface area contributed by atoms with Crippen LogP contribution in [0.5, 0.6) is 0 Å². The molecular weight excluding hydrogens is 1170 g/mol. The van der Waals surface area contributed by atoms with Crippen LogP contribution in [-0.2, 0) is 63.9 Å². The Bertz CT molecular complexity index is 3580. The number of hydrogen-bond donors (Lipinski definition) is 9. The Kier molecular flexibility index (Phi) is 24.7. The summed E-state index contributed by atoms with van der Waals surface area (Å²) in [5.41, 5.74) is 11.5. The quantitative estimate of drug-likeness (QED) is 0.0176.